The first-order valence-corrected chi connectivity index (χ1v) is 8.96. The third-order valence-corrected chi connectivity index (χ3v) is 3.66. The minimum atomic E-state index is -0.327. The van der Waals surface area contributed by atoms with Gasteiger partial charge in [0.2, 0.25) is 0 Å². The molecule has 2 rings (SSSR count). The first-order chi connectivity index (χ1) is 11.7. The van der Waals surface area contributed by atoms with Crippen molar-refractivity contribution in [1.82, 2.24) is 10.3 Å². The minimum absolute atomic E-state index is 0.102. The molecule has 5 nitrogen and oxygen atoms in total. The Balaban J connectivity index is 0.000000275. The van der Waals surface area contributed by atoms with Crippen LogP contribution in [0.2, 0.25) is 0 Å². The Labute approximate surface area is 152 Å². The monoisotopic (exact) mass is 347 g/mol. The average molecular weight is 348 g/mol. The van der Waals surface area contributed by atoms with Gasteiger partial charge in [-0.15, -0.1) is 0 Å². The van der Waals surface area contributed by atoms with Gasteiger partial charge in [-0.1, -0.05) is 20.4 Å². The zero-order valence-corrected chi connectivity index (χ0v) is 16.6. The van der Waals surface area contributed by atoms with E-state index in [2.05, 4.69) is 40.8 Å². The average Bonchev–Trinajstić information content (AvgIpc) is 2.50. The van der Waals surface area contributed by atoms with E-state index in [9.17, 15) is 4.79 Å². The Morgan fingerprint density at radius 3 is 2.44 bits per heavy atom. The molecule has 0 radical (unpaired) electrons. The maximum Gasteiger partial charge on any atom is 0.306 e. The predicted octanol–water partition coefficient (Wildman–Crippen LogP) is 3.86. The smallest absolute Gasteiger partial charge is 0.306 e. The number of carbonyl (C=O) groups excluding carboxylic acids is 1. The number of carbonyl (C=O) groups is 1. The van der Waals surface area contributed by atoms with Crippen molar-refractivity contribution in [3.63, 3.8) is 0 Å². The molecule has 5 heteroatoms. The highest BCUT2D eigenvalue weighted by atomic mass is 16.6. The first kappa shape index (κ1) is 21.0. The van der Waals surface area contributed by atoms with E-state index in [0.29, 0.717) is 6.42 Å². The minimum Gasteiger partial charge on any atom is -0.460 e. The predicted molar refractivity (Wildman–Crippen MR) is 104 cm³/mol. The normalized spacial score (nSPS) is 14.1. The van der Waals surface area contributed by atoms with Gasteiger partial charge in [0.1, 0.15) is 11.4 Å². The van der Waals surface area contributed by atoms with Gasteiger partial charge in [-0.2, -0.15) is 0 Å². The molecular weight excluding hydrogens is 314 g/mol. The third-order valence-electron chi connectivity index (χ3n) is 3.66. The van der Waals surface area contributed by atoms with Crippen molar-refractivity contribution < 1.29 is 9.53 Å². The van der Waals surface area contributed by atoms with Gasteiger partial charge in [0.05, 0.1) is 0 Å². The molecule has 0 aliphatic carbocycles. The molecule has 1 aliphatic heterocycles. The number of hydrogen-bond acceptors (Lipinski definition) is 5. The third kappa shape index (κ3) is 7.59. The van der Waals surface area contributed by atoms with E-state index in [0.717, 1.165) is 42.5 Å². The Bertz CT molecular complexity index is 555. The van der Waals surface area contributed by atoms with Crippen LogP contribution in [-0.2, 0) is 9.53 Å². The molecular formula is C20H33N3O2. The van der Waals surface area contributed by atoms with Gasteiger partial charge >= 0.3 is 5.97 Å². The molecule has 2 heterocycles. The molecule has 25 heavy (non-hydrogen) atoms. The number of nitrogens with one attached hydrogen (secondary N) is 1. The lowest BCUT2D eigenvalue weighted by molar-refractivity contribution is -0.154. The fraction of sp³-hybridized carbons (Fsp3) is 0.600. The standard InChI is InChI=1S/C12H17N3.C8H16O2/c1-9-7-15(8-9)12-5-4-11(6-14-12)10(2)13-3;1-5-6-7(9)10-8(2,3)4/h4-6,9,13H,2,7-8H2,1,3H3;5-6H2,1-4H3. The molecule has 140 valence electrons. The Morgan fingerprint density at radius 1 is 1.40 bits per heavy atom. The SMILES string of the molecule is C=C(NC)c1ccc(N2CC(C)C2)nc1.CCCC(=O)OC(C)(C)C. The molecule has 1 fully saturated rings. The number of rotatable bonds is 5. The molecule has 1 N–H and O–H groups in total. The second-order valence-electron chi connectivity index (χ2n) is 7.48. The van der Waals surface area contributed by atoms with Crippen LogP contribution in [0.4, 0.5) is 5.82 Å². The van der Waals surface area contributed by atoms with E-state index in [4.69, 9.17) is 4.74 Å². The largest absolute Gasteiger partial charge is 0.460 e. The number of hydrogen-bond donors (Lipinski definition) is 1. The van der Waals surface area contributed by atoms with Crippen LogP contribution in [0, 0.1) is 5.92 Å². The van der Waals surface area contributed by atoms with E-state index >= 15 is 0 Å². The van der Waals surface area contributed by atoms with Gasteiger partial charge in [-0.05, 0) is 45.2 Å². The highest BCUT2D eigenvalue weighted by Crippen LogP contribution is 2.22. The lowest BCUT2D eigenvalue weighted by Crippen LogP contribution is -2.45. The van der Waals surface area contributed by atoms with Crippen molar-refractivity contribution in [1.29, 1.82) is 0 Å². The molecule has 1 saturated heterocycles. The molecule has 0 unspecified atom stereocenters. The Morgan fingerprint density at radius 2 is 2.04 bits per heavy atom. The molecule has 0 bridgehead atoms. The molecule has 1 aliphatic rings. The lowest BCUT2D eigenvalue weighted by atomic mass is 10.0. The lowest BCUT2D eigenvalue weighted by Gasteiger charge is -2.38. The number of nitrogens with zero attached hydrogens (tertiary/aromatic N) is 2. The second-order valence-corrected chi connectivity index (χ2v) is 7.48. The van der Waals surface area contributed by atoms with Crippen LogP contribution in [0.5, 0.6) is 0 Å². The van der Waals surface area contributed by atoms with Gasteiger partial charge in [-0.3, -0.25) is 4.79 Å². The maximum atomic E-state index is 10.8. The first-order valence-electron chi connectivity index (χ1n) is 8.96. The van der Waals surface area contributed by atoms with Crippen molar-refractivity contribution in [2.45, 2.75) is 53.1 Å². The summed E-state index contributed by atoms with van der Waals surface area (Å²) in [7, 11) is 1.87. The molecule has 1 aromatic rings. The summed E-state index contributed by atoms with van der Waals surface area (Å²) in [6, 6.07) is 4.12. The van der Waals surface area contributed by atoms with Crippen LogP contribution < -0.4 is 10.2 Å². The van der Waals surface area contributed by atoms with E-state index < -0.39 is 0 Å². The Kier molecular flexibility index (Phi) is 7.94. The van der Waals surface area contributed by atoms with Gasteiger partial charge in [0, 0.05) is 44.0 Å². The zero-order chi connectivity index (χ0) is 19.0. The number of aromatic nitrogens is 1. The van der Waals surface area contributed by atoms with Crippen LogP contribution in [0.1, 0.15) is 53.0 Å². The van der Waals surface area contributed by atoms with Crippen LogP contribution in [0.15, 0.2) is 24.9 Å². The van der Waals surface area contributed by atoms with E-state index in [1.807, 2.05) is 40.9 Å². The fourth-order valence-corrected chi connectivity index (χ4v) is 2.38. The summed E-state index contributed by atoms with van der Waals surface area (Å²) < 4.78 is 5.04. The van der Waals surface area contributed by atoms with Crippen LogP contribution in [0.3, 0.4) is 0 Å². The van der Waals surface area contributed by atoms with Crippen LogP contribution in [0.25, 0.3) is 5.70 Å². The number of esters is 1. The van der Waals surface area contributed by atoms with E-state index in [1.54, 1.807) is 0 Å². The van der Waals surface area contributed by atoms with Crippen LogP contribution >= 0.6 is 0 Å². The molecule has 0 aromatic carbocycles. The zero-order valence-electron chi connectivity index (χ0n) is 16.6. The summed E-state index contributed by atoms with van der Waals surface area (Å²) in [4.78, 5) is 17.6. The van der Waals surface area contributed by atoms with Crippen molar-refractivity contribution in [3.8, 4) is 0 Å². The maximum absolute atomic E-state index is 10.8. The van der Waals surface area contributed by atoms with Crippen molar-refractivity contribution >= 4 is 17.5 Å². The summed E-state index contributed by atoms with van der Waals surface area (Å²) in [5, 5.41) is 3.02. The second kappa shape index (κ2) is 9.44. The molecule has 0 saturated carbocycles. The quantitative estimate of drug-likeness (QED) is 0.820. The summed E-state index contributed by atoms with van der Waals surface area (Å²) in [5.41, 5.74) is 1.63. The number of ether oxygens (including phenoxy) is 1. The van der Waals surface area contributed by atoms with Crippen LogP contribution in [-0.4, -0.2) is 36.7 Å². The summed E-state index contributed by atoms with van der Waals surface area (Å²) in [6.07, 6.45) is 3.25. The Hall–Kier alpha value is -2.04. The highest BCUT2D eigenvalue weighted by molar-refractivity contribution is 5.69. The summed E-state index contributed by atoms with van der Waals surface area (Å²) in [5.74, 6) is 1.77. The number of anilines is 1. The van der Waals surface area contributed by atoms with Gasteiger partial charge in [-0.25, -0.2) is 4.98 Å². The van der Waals surface area contributed by atoms with Crippen molar-refractivity contribution in [2.24, 2.45) is 5.92 Å². The summed E-state index contributed by atoms with van der Waals surface area (Å²) >= 11 is 0. The molecule has 0 amide bonds. The highest BCUT2D eigenvalue weighted by Gasteiger charge is 2.23. The van der Waals surface area contributed by atoms with Crippen molar-refractivity contribution in [3.05, 3.63) is 30.5 Å². The van der Waals surface area contributed by atoms with Gasteiger partial charge in [0.25, 0.3) is 0 Å². The molecule has 1 aromatic heterocycles. The van der Waals surface area contributed by atoms with E-state index in [-0.39, 0.29) is 11.6 Å². The summed E-state index contributed by atoms with van der Waals surface area (Å²) in [6.45, 7) is 16.0. The van der Waals surface area contributed by atoms with Crippen molar-refractivity contribution in [2.75, 3.05) is 25.0 Å². The van der Waals surface area contributed by atoms with Gasteiger partial charge < -0.3 is 15.0 Å². The van der Waals surface area contributed by atoms with Gasteiger partial charge in [0.15, 0.2) is 0 Å². The fourth-order valence-electron chi connectivity index (χ4n) is 2.38. The topological polar surface area (TPSA) is 54.5 Å². The molecule has 0 spiro atoms. The van der Waals surface area contributed by atoms with E-state index in [1.165, 1.54) is 0 Å². The molecule has 0 atom stereocenters. The number of pyridine rings is 1.